The van der Waals surface area contributed by atoms with Gasteiger partial charge in [-0.15, -0.1) is 0 Å². The number of methoxy groups -OCH3 is 1. The number of hydrogen-bond donors (Lipinski definition) is 2. The van der Waals surface area contributed by atoms with Gasteiger partial charge in [-0.05, 0) is 54.1 Å². The molecule has 34 heavy (non-hydrogen) atoms. The number of ether oxygens (including phenoxy) is 2. The maximum Gasteiger partial charge on any atom is 0.288 e. The molecule has 0 saturated carbocycles. The Morgan fingerprint density at radius 3 is 2.56 bits per heavy atom. The van der Waals surface area contributed by atoms with Gasteiger partial charge in [-0.1, -0.05) is 23.7 Å². The summed E-state index contributed by atoms with van der Waals surface area (Å²) in [6.45, 7) is -0.200. The van der Waals surface area contributed by atoms with Gasteiger partial charge in [-0.3, -0.25) is 19.7 Å². The summed E-state index contributed by atoms with van der Waals surface area (Å²) in [7, 11) is 1.52. The van der Waals surface area contributed by atoms with E-state index in [0.717, 1.165) is 6.07 Å². The van der Waals surface area contributed by atoms with Crippen molar-refractivity contribution in [2.24, 2.45) is 5.10 Å². The van der Waals surface area contributed by atoms with E-state index in [1.165, 1.54) is 25.5 Å². The Morgan fingerprint density at radius 1 is 1.12 bits per heavy atom. The van der Waals surface area contributed by atoms with Crippen molar-refractivity contribution in [1.82, 2.24) is 5.43 Å². The number of hydrogen-bond acceptors (Lipinski definition) is 7. The number of amides is 2. The molecule has 2 N–H and O–H groups in total. The Morgan fingerprint density at radius 2 is 1.85 bits per heavy atom. The third-order valence-corrected chi connectivity index (χ3v) is 4.74. The van der Waals surface area contributed by atoms with Crippen LogP contribution in [-0.2, 0) is 4.79 Å². The van der Waals surface area contributed by atoms with E-state index in [9.17, 15) is 19.7 Å². The molecule has 0 saturated heterocycles. The van der Waals surface area contributed by atoms with Gasteiger partial charge in [-0.2, -0.15) is 5.10 Å². The SMILES string of the molecule is COc1ccccc1NC(=O)COc1ccc(/C=N\NC(=O)c2ccc(Cl)c([N+](=O)[O-])c2)cc1. The Labute approximate surface area is 199 Å². The minimum atomic E-state index is -0.672. The molecule has 3 aromatic carbocycles. The first kappa shape index (κ1) is 24.2. The number of hydrazone groups is 1. The molecule has 10 nitrogen and oxygen atoms in total. The van der Waals surface area contributed by atoms with Crippen LogP contribution in [0.4, 0.5) is 11.4 Å². The van der Waals surface area contributed by atoms with Gasteiger partial charge >= 0.3 is 0 Å². The number of anilines is 1. The number of para-hydroxylation sites is 2. The lowest BCUT2D eigenvalue weighted by Crippen LogP contribution is -2.20. The van der Waals surface area contributed by atoms with Crippen LogP contribution in [0.2, 0.25) is 5.02 Å². The van der Waals surface area contributed by atoms with Crippen molar-refractivity contribution in [3.63, 3.8) is 0 Å². The smallest absolute Gasteiger partial charge is 0.288 e. The fraction of sp³-hybridized carbons (Fsp3) is 0.0870. The van der Waals surface area contributed by atoms with Crippen molar-refractivity contribution in [1.29, 1.82) is 0 Å². The Bertz CT molecular complexity index is 1230. The van der Waals surface area contributed by atoms with Crippen molar-refractivity contribution in [3.8, 4) is 11.5 Å². The largest absolute Gasteiger partial charge is 0.495 e. The monoisotopic (exact) mass is 482 g/mol. The lowest BCUT2D eigenvalue weighted by Gasteiger charge is -2.10. The number of nitro benzene ring substituents is 1. The number of nitro groups is 1. The first-order valence-electron chi connectivity index (χ1n) is 9.80. The van der Waals surface area contributed by atoms with Gasteiger partial charge in [0.1, 0.15) is 16.5 Å². The number of carbonyl (C=O) groups excluding carboxylic acids is 2. The van der Waals surface area contributed by atoms with Gasteiger partial charge in [0.25, 0.3) is 17.5 Å². The highest BCUT2D eigenvalue weighted by molar-refractivity contribution is 6.32. The summed E-state index contributed by atoms with van der Waals surface area (Å²) in [6, 6.07) is 17.4. The molecule has 0 fully saturated rings. The first-order valence-corrected chi connectivity index (χ1v) is 10.2. The molecule has 0 aromatic heterocycles. The van der Waals surface area contributed by atoms with E-state index in [1.807, 2.05) is 0 Å². The molecular formula is C23H19ClN4O6. The van der Waals surface area contributed by atoms with Crippen LogP contribution in [0.3, 0.4) is 0 Å². The number of nitrogens with zero attached hydrogens (tertiary/aromatic N) is 2. The van der Waals surface area contributed by atoms with Crippen LogP contribution in [0.25, 0.3) is 0 Å². The van der Waals surface area contributed by atoms with E-state index in [1.54, 1.807) is 48.5 Å². The molecule has 0 radical (unpaired) electrons. The Kier molecular flexibility index (Phi) is 8.14. The van der Waals surface area contributed by atoms with Gasteiger partial charge in [0.15, 0.2) is 6.61 Å². The van der Waals surface area contributed by atoms with Gasteiger partial charge in [-0.25, -0.2) is 5.43 Å². The van der Waals surface area contributed by atoms with Gasteiger partial charge in [0.05, 0.1) is 23.9 Å². The summed E-state index contributed by atoms with van der Waals surface area (Å²) in [4.78, 5) is 34.5. The minimum absolute atomic E-state index is 0.0448. The summed E-state index contributed by atoms with van der Waals surface area (Å²) in [6.07, 6.45) is 1.39. The lowest BCUT2D eigenvalue weighted by molar-refractivity contribution is -0.384. The molecule has 11 heteroatoms. The number of nitrogens with one attached hydrogen (secondary N) is 2. The van der Waals surface area contributed by atoms with Crippen LogP contribution < -0.4 is 20.2 Å². The van der Waals surface area contributed by atoms with Crippen molar-refractivity contribution in [2.75, 3.05) is 19.0 Å². The number of benzene rings is 3. The second-order valence-corrected chi connectivity index (χ2v) is 7.14. The fourth-order valence-electron chi connectivity index (χ4n) is 2.76. The summed E-state index contributed by atoms with van der Waals surface area (Å²) in [5, 5.41) is 17.4. The average molecular weight is 483 g/mol. The van der Waals surface area contributed by atoms with Crippen molar-refractivity contribution < 1.29 is 24.0 Å². The molecule has 0 bridgehead atoms. The van der Waals surface area contributed by atoms with E-state index in [0.29, 0.717) is 22.7 Å². The zero-order valence-corrected chi connectivity index (χ0v) is 18.6. The van der Waals surface area contributed by atoms with E-state index in [2.05, 4.69) is 15.8 Å². The third kappa shape index (κ3) is 6.53. The number of carbonyl (C=O) groups is 2. The molecule has 0 atom stereocenters. The molecule has 2 amide bonds. The fourth-order valence-corrected chi connectivity index (χ4v) is 2.94. The van der Waals surface area contributed by atoms with E-state index in [4.69, 9.17) is 21.1 Å². The molecule has 0 aliphatic carbocycles. The van der Waals surface area contributed by atoms with Crippen LogP contribution in [-0.4, -0.2) is 36.7 Å². The molecule has 0 aliphatic rings. The molecule has 3 aromatic rings. The molecular weight excluding hydrogens is 464 g/mol. The topological polar surface area (TPSA) is 132 Å². The molecule has 0 aliphatic heterocycles. The van der Waals surface area contributed by atoms with Crippen LogP contribution in [0.15, 0.2) is 71.8 Å². The van der Waals surface area contributed by atoms with E-state index >= 15 is 0 Å². The summed E-state index contributed by atoms with van der Waals surface area (Å²) >= 11 is 5.74. The standard InChI is InChI=1S/C23H19ClN4O6/c1-33-21-5-3-2-4-19(21)26-22(29)14-34-17-9-6-15(7-10-17)13-25-27-23(30)16-8-11-18(24)20(12-16)28(31)32/h2-13H,14H2,1H3,(H,26,29)(H,27,30)/b25-13-. The predicted molar refractivity (Wildman–Crippen MR) is 127 cm³/mol. The molecule has 0 heterocycles. The number of rotatable bonds is 9. The summed E-state index contributed by atoms with van der Waals surface area (Å²) in [5.41, 5.74) is 3.15. The highest BCUT2D eigenvalue weighted by Gasteiger charge is 2.16. The van der Waals surface area contributed by atoms with Crippen LogP contribution in [0.1, 0.15) is 15.9 Å². The minimum Gasteiger partial charge on any atom is -0.495 e. The highest BCUT2D eigenvalue weighted by Crippen LogP contribution is 2.25. The zero-order chi connectivity index (χ0) is 24.5. The molecule has 0 spiro atoms. The van der Waals surface area contributed by atoms with Gasteiger partial charge < -0.3 is 14.8 Å². The number of halogens is 1. The van der Waals surface area contributed by atoms with Crippen molar-refractivity contribution in [2.45, 2.75) is 0 Å². The molecule has 174 valence electrons. The third-order valence-electron chi connectivity index (χ3n) is 4.42. The normalized spacial score (nSPS) is 10.5. The van der Waals surface area contributed by atoms with Crippen LogP contribution in [0.5, 0.6) is 11.5 Å². The Hall–Kier alpha value is -4.44. The van der Waals surface area contributed by atoms with Crippen LogP contribution >= 0.6 is 11.6 Å². The van der Waals surface area contributed by atoms with E-state index < -0.39 is 10.8 Å². The second-order valence-electron chi connectivity index (χ2n) is 6.73. The van der Waals surface area contributed by atoms with Crippen molar-refractivity contribution >= 4 is 41.0 Å². The summed E-state index contributed by atoms with van der Waals surface area (Å²) < 4.78 is 10.7. The zero-order valence-electron chi connectivity index (χ0n) is 17.9. The molecule has 3 rings (SSSR count). The van der Waals surface area contributed by atoms with E-state index in [-0.39, 0.29) is 28.8 Å². The Balaban J connectivity index is 1.50. The predicted octanol–water partition coefficient (Wildman–Crippen LogP) is 4.04. The first-order chi connectivity index (χ1) is 16.4. The summed E-state index contributed by atoms with van der Waals surface area (Å²) in [5.74, 6) is 0.0306. The van der Waals surface area contributed by atoms with Crippen LogP contribution in [0, 0.1) is 10.1 Å². The quantitative estimate of drug-likeness (QED) is 0.269. The van der Waals surface area contributed by atoms with Gasteiger partial charge in [0.2, 0.25) is 0 Å². The average Bonchev–Trinajstić information content (AvgIpc) is 2.84. The lowest BCUT2D eigenvalue weighted by atomic mass is 10.2. The second kappa shape index (κ2) is 11.4. The maximum absolute atomic E-state index is 12.1. The van der Waals surface area contributed by atoms with Crippen molar-refractivity contribution in [3.05, 3.63) is 93.0 Å². The maximum atomic E-state index is 12.1. The highest BCUT2D eigenvalue weighted by atomic mass is 35.5. The van der Waals surface area contributed by atoms with Gasteiger partial charge in [0, 0.05) is 11.6 Å². The molecule has 0 unspecified atom stereocenters.